The van der Waals surface area contributed by atoms with Crippen LogP contribution in [0.4, 0.5) is 0 Å². The summed E-state index contributed by atoms with van der Waals surface area (Å²) in [6.45, 7) is 6.89. The van der Waals surface area contributed by atoms with Crippen molar-refractivity contribution >= 4 is 0 Å². The van der Waals surface area contributed by atoms with E-state index in [1.54, 1.807) is 0 Å². The van der Waals surface area contributed by atoms with Crippen LogP contribution in [-0.2, 0) is 0 Å². The van der Waals surface area contributed by atoms with Gasteiger partial charge in [0.05, 0.1) is 27.2 Å². The van der Waals surface area contributed by atoms with Crippen LogP contribution in [0.25, 0.3) is 0 Å². The van der Waals surface area contributed by atoms with Gasteiger partial charge in [-0.2, -0.15) is 0 Å². The van der Waals surface area contributed by atoms with Gasteiger partial charge < -0.3 is 28.5 Å². The molecule has 0 N–H and O–H groups in total. The molecule has 0 aromatic rings. The second kappa shape index (κ2) is 4.56. The molecule has 0 bridgehead atoms. The molecule has 0 aliphatic rings. The summed E-state index contributed by atoms with van der Waals surface area (Å²) in [7, 11) is 4.47. The van der Waals surface area contributed by atoms with E-state index in [2.05, 4.69) is 27.9 Å². The van der Waals surface area contributed by atoms with Gasteiger partial charge in [-0.25, -0.2) is 0 Å². The fourth-order valence-electron chi connectivity index (χ4n) is 0.224. The van der Waals surface area contributed by atoms with E-state index < -0.39 is 0 Å². The van der Waals surface area contributed by atoms with Crippen LogP contribution in [-0.4, -0.2) is 31.7 Å². The van der Waals surface area contributed by atoms with Crippen LogP contribution in [0.1, 0.15) is 13.8 Å². The highest BCUT2D eigenvalue weighted by molar-refractivity contribution is 4.17. The van der Waals surface area contributed by atoms with Crippen LogP contribution in [0.5, 0.6) is 0 Å². The molecule has 0 saturated heterocycles. The number of halogens is 1. The molecule has 0 rings (SSSR count). The lowest BCUT2D eigenvalue weighted by Crippen LogP contribution is -3.00. The molecule has 0 unspecified atom stereocenters. The van der Waals surface area contributed by atoms with Gasteiger partial charge in [-0.15, -0.1) is 0 Å². The molecule has 0 fully saturated rings. The zero-order valence-electron chi connectivity index (χ0n) is 6.24. The van der Waals surface area contributed by atoms with Crippen LogP contribution in [0.2, 0.25) is 0 Å². The maximum atomic E-state index is 2.24. The predicted octanol–water partition coefficient (Wildman–Crippen LogP) is -1.89. The van der Waals surface area contributed by atoms with Crippen molar-refractivity contribution in [3.63, 3.8) is 0 Å². The van der Waals surface area contributed by atoms with Crippen LogP contribution in [0.15, 0.2) is 0 Å². The van der Waals surface area contributed by atoms with E-state index in [0.717, 1.165) is 4.48 Å². The molecule has 0 aromatic carbocycles. The molecule has 0 aromatic heterocycles. The minimum atomic E-state index is 0. The Balaban J connectivity index is 0. The average Bonchev–Trinajstić information content (AvgIpc) is 1.68. The van der Waals surface area contributed by atoms with Gasteiger partial charge in [0.1, 0.15) is 0 Å². The lowest BCUT2D eigenvalue weighted by atomic mass is 10.5. The van der Waals surface area contributed by atoms with E-state index in [1.165, 1.54) is 13.1 Å². The van der Waals surface area contributed by atoms with Gasteiger partial charge in [-0.05, 0) is 13.8 Å². The van der Waals surface area contributed by atoms with Crippen LogP contribution in [0, 0.1) is 0 Å². The van der Waals surface area contributed by atoms with E-state index >= 15 is 0 Å². The largest absolute Gasteiger partial charge is 1.00 e. The third-order valence-corrected chi connectivity index (χ3v) is 1.71. The molecule has 52 valence electrons. The van der Waals surface area contributed by atoms with Gasteiger partial charge in [0.25, 0.3) is 0 Å². The quantitative estimate of drug-likeness (QED) is 0.383. The summed E-state index contributed by atoms with van der Waals surface area (Å²) in [6.07, 6.45) is 0. The minimum Gasteiger partial charge on any atom is -1.00 e. The highest BCUT2D eigenvalue weighted by Gasteiger charge is 2.04. The SMILES string of the molecule is CC[N+](C)(C)CC.[I-]. The minimum absolute atomic E-state index is 0. The Hall–Kier alpha value is 0.690. The number of nitrogens with zero attached hydrogens (tertiary/aromatic N) is 1. The third kappa shape index (κ3) is 4.84. The molecular formula is C6H16IN. The summed E-state index contributed by atoms with van der Waals surface area (Å²) < 4.78 is 1.14. The third-order valence-electron chi connectivity index (χ3n) is 1.71. The second-order valence-electron chi connectivity index (χ2n) is 2.57. The highest BCUT2D eigenvalue weighted by Crippen LogP contribution is 1.91. The lowest BCUT2D eigenvalue weighted by molar-refractivity contribution is -0.886. The van der Waals surface area contributed by atoms with E-state index in [9.17, 15) is 0 Å². The van der Waals surface area contributed by atoms with Crippen LogP contribution < -0.4 is 24.0 Å². The van der Waals surface area contributed by atoms with Crippen molar-refractivity contribution in [3.05, 3.63) is 0 Å². The fourth-order valence-corrected chi connectivity index (χ4v) is 0.224. The Morgan fingerprint density at radius 2 is 1.25 bits per heavy atom. The Bertz CT molecular complexity index is 46.5. The molecular weight excluding hydrogens is 213 g/mol. The van der Waals surface area contributed by atoms with Crippen LogP contribution in [0.3, 0.4) is 0 Å². The first-order chi connectivity index (χ1) is 3.12. The molecule has 0 heterocycles. The van der Waals surface area contributed by atoms with Crippen molar-refractivity contribution in [2.45, 2.75) is 13.8 Å². The first-order valence-electron chi connectivity index (χ1n) is 2.94. The lowest BCUT2D eigenvalue weighted by Gasteiger charge is -2.25. The summed E-state index contributed by atoms with van der Waals surface area (Å²) in [5.74, 6) is 0. The summed E-state index contributed by atoms with van der Waals surface area (Å²) in [6, 6.07) is 0. The van der Waals surface area contributed by atoms with Crippen molar-refractivity contribution < 1.29 is 28.5 Å². The number of rotatable bonds is 2. The molecule has 0 spiro atoms. The van der Waals surface area contributed by atoms with Crippen molar-refractivity contribution in [3.8, 4) is 0 Å². The monoisotopic (exact) mass is 229 g/mol. The topological polar surface area (TPSA) is 0 Å². The van der Waals surface area contributed by atoms with Gasteiger partial charge in [-0.3, -0.25) is 0 Å². The molecule has 0 atom stereocenters. The normalized spacial score (nSPS) is 10.5. The van der Waals surface area contributed by atoms with Crippen molar-refractivity contribution in [1.29, 1.82) is 0 Å². The summed E-state index contributed by atoms with van der Waals surface area (Å²) in [4.78, 5) is 0. The molecule has 2 heteroatoms. The molecule has 0 saturated carbocycles. The van der Waals surface area contributed by atoms with Crippen LogP contribution >= 0.6 is 0 Å². The maximum absolute atomic E-state index is 2.24. The van der Waals surface area contributed by atoms with Gasteiger partial charge >= 0.3 is 0 Å². The first-order valence-corrected chi connectivity index (χ1v) is 2.94. The van der Waals surface area contributed by atoms with Gasteiger partial charge in [0, 0.05) is 0 Å². The van der Waals surface area contributed by atoms with E-state index in [-0.39, 0.29) is 24.0 Å². The Labute approximate surface area is 69.7 Å². The molecule has 8 heavy (non-hydrogen) atoms. The summed E-state index contributed by atoms with van der Waals surface area (Å²) in [5.41, 5.74) is 0. The van der Waals surface area contributed by atoms with Gasteiger partial charge in [0.2, 0.25) is 0 Å². The van der Waals surface area contributed by atoms with Crippen molar-refractivity contribution in [1.82, 2.24) is 0 Å². The smallest absolute Gasteiger partial charge is 0.0753 e. The fraction of sp³-hybridized carbons (Fsp3) is 1.00. The molecule has 0 aliphatic carbocycles. The zero-order chi connectivity index (χ0) is 5.91. The molecule has 1 nitrogen and oxygen atoms in total. The zero-order valence-corrected chi connectivity index (χ0v) is 8.40. The summed E-state index contributed by atoms with van der Waals surface area (Å²) in [5, 5.41) is 0. The van der Waals surface area contributed by atoms with Gasteiger partial charge in [0.15, 0.2) is 0 Å². The molecule has 0 radical (unpaired) electrons. The Morgan fingerprint density at radius 3 is 1.25 bits per heavy atom. The summed E-state index contributed by atoms with van der Waals surface area (Å²) >= 11 is 0. The average molecular weight is 229 g/mol. The van der Waals surface area contributed by atoms with E-state index in [0.29, 0.717) is 0 Å². The standard InChI is InChI=1S/C6H16N.HI/c1-5-7(3,4)6-2;/h5-6H2,1-4H3;1H/q+1;/p-1. The maximum Gasteiger partial charge on any atom is 0.0753 e. The molecule has 0 aliphatic heterocycles. The van der Waals surface area contributed by atoms with Crippen molar-refractivity contribution in [2.24, 2.45) is 0 Å². The second-order valence-corrected chi connectivity index (χ2v) is 2.57. The van der Waals surface area contributed by atoms with Gasteiger partial charge in [-0.1, -0.05) is 0 Å². The highest BCUT2D eigenvalue weighted by atomic mass is 127. The van der Waals surface area contributed by atoms with E-state index in [4.69, 9.17) is 0 Å². The number of hydrogen-bond donors (Lipinski definition) is 0. The predicted molar refractivity (Wildman–Crippen MR) is 33.2 cm³/mol. The number of hydrogen-bond acceptors (Lipinski definition) is 0. The molecule has 0 amide bonds. The number of quaternary nitrogens is 1. The van der Waals surface area contributed by atoms with Crippen molar-refractivity contribution in [2.75, 3.05) is 27.2 Å². The first kappa shape index (κ1) is 11.5. The Morgan fingerprint density at radius 1 is 1.00 bits per heavy atom. The Kier molecular flexibility index (Phi) is 6.54. The van der Waals surface area contributed by atoms with E-state index in [1.807, 2.05) is 0 Å².